The number of aliphatic hydroxyl groups excluding tert-OH is 1. The predicted octanol–water partition coefficient (Wildman–Crippen LogP) is 4.26. The average molecular weight is 614 g/mol. The summed E-state index contributed by atoms with van der Waals surface area (Å²) in [7, 11) is -4.09. The first kappa shape index (κ1) is 33.4. The van der Waals surface area contributed by atoms with Crippen LogP contribution in [-0.2, 0) is 30.7 Å². The van der Waals surface area contributed by atoms with E-state index >= 15 is 0 Å². The highest BCUT2D eigenvalue weighted by Gasteiger charge is 2.28. The summed E-state index contributed by atoms with van der Waals surface area (Å²) >= 11 is 0. The van der Waals surface area contributed by atoms with Gasteiger partial charge in [0.15, 0.2) is 5.75 Å². The van der Waals surface area contributed by atoms with Crippen molar-refractivity contribution in [3.8, 4) is 11.8 Å². The Labute approximate surface area is 253 Å². The van der Waals surface area contributed by atoms with Gasteiger partial charge in [0.2, 0.25) is 10.0 Å². The zero-order valence-corrected chi connectivity index (χ0v) is 25.7. The lowest BCUT2D eigenvalue weighted by atomic mass is 10.0. The van der Waals surface area contributed by atoms with Gasteiger partial charge in [0.05, 0.1) is 30.0 Å². The van der Waals surface area contributed by atoms with E-state index in [1.807, 2.05) is 20.8 Å². The van der Waals surface area contributed by atoms with Crippen molar-refractivity contribution in [1.82, 2.24) is 4.90 Å². The fraction of sp³-hybridized carbons (Fsp3) is 0.452. The van der Waals surface area contributed by atoms with Crippen LogP contribution in [-0.4, -0.2) is 73.7 Å². The molecule has 1 aliphatic heterocycles. The van der Waals surface area contributed by atoms with Crippen LogP contribution < -0.4 is 9.46 Å². The number of hydrogen-bond acceptors (Lipinski definition) is 9. The summed E-state index contributed by atoms with van der Waals surface area (Å²) in [5.41, 5.74) is 1.26. The van der Waals surface area contributed by atoms with Crippen molar-refractivity contribution in [3.05, 3.63) is 65.2 Å². The number of rotatable bonds is 11. The van der Waals surface area contributed by atoms with Gasteiger partial charge in [0.25, 0.3) is 0 Å². The van der Waals surface area contributed by atoms with Crippen molar-refractivity contribution in [2.24, 2.45) is 0 Å². The third kappa shape index (κ3) is 11.3. The minimum absolute atomic E-state index is 0.0278. The molecular weight excluding hydrogens is 574 g/mol. The van der Waals surface area contributed by atoms with E-state index in [4.69, 9.17) is 19.5 Å². The molecule has 0 spiro atoms. The minimum atomic E-state index is -4.09. The summed E-state index contributed by atoms with van der Waals surface area (Å²) in [4.78, 5) is 25.9. The van der Waals surface area contributed by atoms with Crippen LogP contribution in [0.25, 0.3) is 6.08 Å². The summed E-state index contributed by atoms with van der Waals surface area (Å²) in [6.45, 7) is 8.02. The van der Waals surface area contributed by atoms with E-state index in [9.17, 15) is 23.1 Å². The standard InChI is InChI=1S/C31H39N3O8S/c1-5-40-29(36)21-43(38,39)33-28-12-11-27(41-26-13-15-34(16-14-26)30(37)42-31(2,3)4)19-24(28)18-25(35)10-9-22-7-6-8-23(17-22)20-32/h6-12,17,19,25-26,33,35H,5,13-16,18,21H2,1-4H3/b10-9+/t25-/m0/s1. The van der Waals surface area contributed by atoms with Gasteiger partial charge in [0.1, 0.15) is 17.5 Å². The molecule has 2 aromatic carbocycles. The molecule has 1 heterocycles. The van der Waals surface area contributed by atoms with E-state index in [1.165, 1.54) is 6.07 Å². The van der Waals surface area contributed by atoms with Crippen LogP contribution in [0.15, 0.2) is 48.5 Å². The van der Waals surface area contributed by atoms with Crippen molar-refractivity contribution in [2.75, 3.05) is 30.2 Å². The Morgan fingerprint density at radius 2 is 1.91 bits per heavy atom. The van der Waals surface area contributed by atoms with Crippen molar-refractivity contribution in [1.29, 1.82) is 5.26 Å². The van der Waals surface area contributed by atoms with E-state index in [-0.39, 0.29) is 30.9 Å². The lowest BCUT2D eigenvalue weighted by molar-refractivity contribution is -0.139. The van der Waals surface area contributed by atoms with Crippen molar-refractivity contribution in [3.63, 3.8) is 0 Å². The number of benzene rings is 2. The quantitative estimate of drug-likeness (QED) is 0.354. The Hall–Kier alpha value is -4.08. The highest BCUT2D eigenvalue weighted by atomic mass is 32.2. The molecule has 0 aromatic heterocycles. The fourth-order valence-electron chi connectivity index (χ4n) is 4.38. The molecule has 2 aromatic rings. The number of anilines is 1. The Morgan fingerprint density at radius 1 is 1.19 bits per heavy atom. The second-order valence-corrected chi connectivity index (χ2v) is 12.9. The van der Waals surface area contributed by atoms with Crippen LogP contribution in [0.1, 0.15) is 57.2 Å². The summed E-state index contributed by atoms with van der Waals surface area (Å²) in [5, 5.41) is 19.9. The van der Waals surface area contributed by atoms with Crippen LogP contribution in [0.2, 0.25) is 0 Å². The smallest absolute Gasteiger partial charge is 0.410 e. The van der Waals surface area contributed by atoms with E-state index in [0.717, 1.165) is 5.56 Å². The average Bonchev–Trinajstić information content (AvgIpc) is 2.92. The Bertz CT molecular complexity index is 1450. The Balaban J connectivity index is 1.75. The largest absolute Gasteiger partial charge is 0.490 e. The molecule has 2 N–H and O–H groups in total. The van der Waals surface area contributed by atoms with Crippen LogP contribution in [0, 0.1) is 11.3 Å². The molecule has 1 amide bonds. The normalized spacial score (nSPS) is 15.0. The molecule has 11 nitrogen and oxygen atoms in total. The van der Waals surface area contributed by atoms with E-state index in [1.54, 1.807) is 60.4 Å². The number of amides is 1. The van der Waals surface area contributed by atoms with Crippen molar-refractivity contribution < 1.29 is 37.3 Å². The van der Waals surface area contributed by atoms with Crippen molar-refractivity contribution in [2.45, 2.75) is 64.8 Å². The fourth-order valence-corrected chi connectivity index (χ4v) is 5.38. The number of nitrogens with zero attached hydrogens (tertiary/aromatic N) is 2. The monoisotopic (exact) mass is 613 g/mol. The zero-order chi connectivity index (χ0) is 31.6. The number of nitrogens with one attached hydrogen (secondary N) is 1. The highest BCUT2D eigenvalue weighted by molar-refractivity contribution is 7.93. The van der Waals surface area contributed by atoms with E-state index in [2.05, 4.69) is 10.8 Å². The van der Waals surface area contributed by atoms with E-state index in [0.29, 0.717) is 42.8 Å². The molecule has 232 valence electrons. The third-order valence-corrected chi connectivity index (χ3v) is 7.45. The molecule has 1 atom stereocenters. The molecule has 0 aliphatic carbocycles. The van der Waals surface area contributed by atoms with Gasteiger partial charge in [-0.05, 0) is 69.2 Å². The lowest BCUT2D eigenvalue weighted by Gasteiger charge is -2.33. The molecule has 0 bridgehead atoms. The molecule has 1 aliphatic rings. The van der Waals surface area contributed by atoms with Crippen LogP contribution in [0.4, 0.5) is 10.5 Å². The number of carbonyl (C=O) groups excluding carboxylic acids is 2. The minimum Gasteiger partial charge on any atom is -0.490 e. The van der Waals surface area contributed by atoms with E-state index < -0.39 is 33.5 Å². The Kier molecular flexibility index (Phi) is 11.6. The molecule has 1 saturated heterocycles. The first-order valence-corrected chi connectivity index (χ1v) is 15.7. The number of hydrogen-bond donors (Lipinski definition) is 2. The van der Waals surface area contributed by atoms with Gasteiger partial charge in [0, 0.05) is 32.4 Å². The van der Waals surface area contributed by atoms with Crippen molar-refractivity contribution >= 4 is 33.8 Å². The zero-order valence-electron chi connectivity index (χ0n) is 24.9. The molecule has 43 heavy (non-hydrogen) atoms. The number of aliphatic hydroxyl groups is 1. The van der Waals surface area contributed by atoms with Gasteiger partial charge in [-0.2, -0.15) is 5.26 Å². The molecular formula is C31H39N3O8S. The number of sulfonamides is 1. The molecule has 1 fully saturated rings. The molecule has 3 rings (SSSR count). The number of piperidine rings is 1. The summed E-state index contributed by atoms with van der Waals surface area (Å²) in [6.07, 6.45) is 2.85. The first-order valence-electron chi connectivity index (χ1n) is 14.1. The number of esters is 1. The number of carbonyl (C=O) groups is 2. The van der Waals surface area contributed by atoms with Crippen LogP contribution >= 0.6 is 0 Å². The number of nitriles is 1. The number of ether oxygens (including phenoxy) is 3. The maximum Gasteiger partial charge on any atom is 0.410 e. The van der Waals surface area contributed by atoms with Crippen LogP contribution in [0.3, 0.4) is 0 Å². The number of likely N-dealkylation sites (tertiary alicyclic amines) is 1. The van der Waals surface area contributed by atoms with Gasteiger partial charge in [-0.1, -0.05) is 24.3 Å². The molecule has 0 saturated carbocycles. The van der Waals surface area contributed by atoms with Gasteiger partial charge in [-0.3, -0.25) is 9.52 Å². The lowest BCUT2D eigenvalue weighted by Crippen LogP contribution is -2.44. The first-order chi connectivity index (χ1) is 20.3. The molecule has 0 unspecified atom stereocenters. The summed E-state index contributed by atoms with van der Waals surface area (Å²) < 4.78 is 44.2. The van der Waals surface area contributed by atoms with Gasteiger partial charge in [-0.25, -0.2) is 13.2 Å². The third-order valence-electron chi connectivity index (χ3n) is 6.31. The molecule has 12 heteroatoms. The maximum absolute atomic E-state index is 12.7. The van der Waals surface area contributed by atoms with Gasteiger partial charge >= 0.3 is 12.1 Å². The highest BCUT2D eigenvalue weighted by Crippen LogP contribution is 2.28. The molecule has 0 radical (unpaired) electrons. The topological polar surface area (TPSA) is 155 Å². The van der Waals surface area contributed by atoms with Crippen LogP contribution in [0.5, 0.6) is 5.75 Å². The second-order valence-electron chi connectivity index (χ2n) is 11.1. The Morgan fingerprint density at radius 3 is 2.56 bits per heavy atom. The second kappa shape index (κ2) is 14.9. The summed E-state index contributed by atoms with van der Waals surface area (Å²) in [5.74, 6) is -1.26. The van der Waals surface area contributed by atoms with Gasteiger partial charge in [-0.15, -0.1) is 0 Å². The summed E-state index contributed by atoms with van der Waals surface area (Å²) in [6, 6.07) is 13.7. The maximum atomic E-state index is 12.7. The SMILES string of the molecule is CCOC(=O)CS(=O)(=O)Nc1ccc(OC2CCN(C(=O)OC(C)(C)C)CC2)cc1C[C@@H](O)/C=C/c1cccc(C#N)c1. The van der Waals surface area contributed by atoms with Gasteiger partial charge < -0.3 is 24.2 Å². The predicted molar refractivity (Wildman–Crippen MR) is 162 cm³/mol.